The van der Waals surface area contributed by atoms with Crippen LogP contribution >= 0.6 is 0 Å². The maximum atomic E-state index is 12.0. The van der Waals surface area contributed by atoms with Crippen LogP contribution in [0.25, 0.3) is 0 Å². The SMILES string of the molecule is OCc1cc(OC(F)(F)F)cc2c1OCO2. The van der Waals surface area contributed by atoms with Crippen LogP contribution in [-0.4, -0.2) is 18.3 Å². The lowest BCUT2D eigenvalue weighted by atomic mass is 10.2. The predicted molar refractivity (Wildman–Crippen MR) is 45.2 cm³/mol. The van der Waals surface area contributed by atoms with Gasteiger partial charge in [0.1, 0.15) is 5.75 Å². The standard InChI is InChI=1S/C9H7F3O4/c10-9(11,12)16-6-1-5(3-13)8-7(2-6)14-4-15-8/h1-2,13H,3-4H2. The average molecular weight is 236 g/mol. The Balaban J connectivity index is 2.35. The van der Waals surface area contributed by atoms with Crippen molar-refractivity contribution in [3.8, 4) is 17.2 Å². The normalized spacial score (nSPS) is 14.0. The minimum atomic E-state index is -4.78. The lowest BCUT2D eigenvalue weighted by molar-refractivity contribution is -0.274. The third-order valence-corrected chi connectivity index (χ3v) is 1.93. The van der Waals surface area contributed by atoms with Gasteiger partial charge in [-0.2, -0.15) is 0 Å². The molecule has 2 rings (SSSR count). The van der Waals surface area contributed by atoms with E-state index in [-0.39, 0.29) is 23.9 Å². The average Bonchev–Trinajstić information content (AvgIpc) is 2.61. The van der Waals surface area contributed by atoms with Crippen molar-refractivity contribution >= 4 is 0 Å². The molecule has 0 bridgehead atoms. The molecule has 0 fully saturated rings. The number of halogens is 3. The number of aliphatic hydroxyl groups excluding tert-OH is 1. The molecule has 1 aliphatic rings. The van der Waals surface area contributed by atoms with Crippen LogP contribution in [0.5, 0.6) is 17.2 Å². The van der Waals surface area contributed by atoms with E-state index in [1.54, 1.807) is 0 Å². The van der Waals surface area contributed by atoms with Crippen LogP contribution in [0.1, 0.15) is 5.56 Å². The Morgan fingerprint density at radius 2 is 2.06 bits per heavy atom. The molecular weight excluding hydrogens is 229 g/mol. The molecule has 4 nitrogen and oxygen atoms in total. The third-order valence-electron chi connectivity index (χ3n) is 1.93. The van der Waals surface area contributed by atoms with Crippen molar-refractivity contribution in [2.75, 3.05) is 6.79 Å². The van der Waals surface area contributed by atoms with Gasteiger partial charge in [0.25, 0.3) is 0 Å². The van der Waals surface area contributed by atoms with E-state index in [0.717, 1.165) is 12.1 Å². The van der Waals surface area contributed by atoms with E-state index in [2.05, 4.69) is 4.74 Å². The van der Waals surface area contributed by atoms with Crippen LogP contribution in [0.15, 0.2) is 12.1 Å². The molecule has 0 spiro atoms. The smallest absolute Gasteiger partial charge is 0.453 e. The van der Waals surface area contributed by atoms with Crippen molar-refractivity contribution < 1.29 is 32.5 Å². The van der Waals surface area contributed by atoms with E-state index in [1.165, 1.54) is 0 Å². The molecule has 0 aromatic heterocycles. The van der Waals surface area contributed by atoms with E-state index in [4.69, 9.17) is 14.6 Å². The monoisotopic (exact) mass is 236 g/mol. The van der Waals surface area contributed by atoms with Crippen molar-refractivity contribution in [3.63, 3.8) is 0 Å². The molecule has 0 amide bonds. The van der Waals surface area contributed by atoms with E-state index in [1.807, 2.05) is 0 Å². The second-order valence-corrected chi connectivity index (χ2v) is 3.02. The predicted octanol–water partition coefficient (Wildman–Crippen LogP) is 1.81. The minimum absolute atomic E-state index is 0.0855. The van der Waals surface area contributed by atoms with E-state index in [9.17, 15) is 13.2 Å². The summed E-state index contributed by atoms with van der Waals surface area (Å²) in [7, 11) is 0. The highest BCUT2D eigenvalue weighted by Gasteiger charge is 2.32. The van der Waals surface area contributed by atoms with Gasteiger partial charge < -0.3 is 19.3 Å². The highest BCUT2D eigenvalue weighted by Crippen LogP contribution is 2.40. The number of ether oxygens (including phenoxy) is 3. The number of alkyl halides is 3. The second-order valence-electron chi connectivity index (χ2n) is 3.02. The summed E-state index contributed by atoms with van der Waals surface area (Å²) in [6, 6.07) is 2.12. The van der Waals surface area contributed by atoms with Crippen LogP contribution in [0.3, 0.4) is 0 Å². The molecule has 0 saturated heterocycles. The van der Waals surface area contributed by atoms with Crippen LogP contribution in [0.4, 0.5) is 13.2 Å². The van der Waals surface area contributed by atoms with Crippen molar-refractivity contribution in [1.82, 2.24) is 0 Å². The molecule has 1 aromatic rings. The molecule has 1 aliphatic heterocycles. The largest absolute Gasteiger partial charge is 0.573 e. The molecule has 0 radical (unpaired) electrons. The number of aliphatic hydroxyl groups is 1. The summed E-state index contributed by atoms with van der Waals surface area (Å²) >= 11 is 0. The number of hydrogen-bond acceptors (Lipinski definition) is 4. The zero-order chi connectivity index (χ0) is 11.8. The van der Waals surface area contributed by atoms with Crippen molar-refractivity contribution in [1.29, 1.82) is 0 Å². The van der Waals surface area contributed by atoms with Gasteiger partial charge in [-0.1, -0.05) is 0 Å². The van der Waals surface area contributed by atoms with E-state index in [0.29, 0.717) is 0 Å². The molecule has 1 heterocycles. The number of hydrogen-bond donors (Lipinski definition) is 1. The Morgan fingerprint density at radius 1 is 1.31 bits per heavy atom. The summed E-state index contributed by atoms with van der Waals surface area (Å²) in [4.78, 5) is 0. The Labute approximate surface area is 88.2 Å². The Hall–Kier alpha value is -1.63. The molecule has 0 atom stereocenters. The summed E-state index contributed by atoms with van der Waals surface area (Å²) in [6.07, 6.45) is -4.78. The molecule has 1 aromatic carbocycles. The van der Waals surface area contributed by atoms with Gasteiger partial charge in [0.05, 0.1) is 6.61 Å². The first kappa shape index (κ1) is 10.9. The Bertz CT molecular complexity index is 402. The summed E-state index contributed by atoms with van der Waals surface area (Å²) in [5.41, 5.74) is 0.189. The fraction of sp³-hybridized carbons (Fsp3) is 0.333. The molecule has 0 aliphatic carbocycles. The fourth-order valence-electron chi connectivity index (χ4n) is 1.36. The van der Waals surface area contributed by atoms with Crippen molar-refractivity contribution in [3.05, 3.63) is 17.7 Å². The molecule has 88 valence electrons. The first-order valence-electron chi connectivity index (χ1n) is 4.29. The second kappa shape index (κ2) is 3.75. The van der Waals surface area contributed by atoms with Gasteiger partial charge in [0, 0.05) is 11.6 Å². The number of rotatable bonds is 2. The Kier molecular flexibility index (Phi) is 2.55. The molecule has 0 saturated carbocycles. The van der Waals surface area contributed by atoms with Crippen LogP contribution in [0.2, 0.25) is 0 Å². The highest BCUT2D eigenvalue weighted by molar-refractivity contribution is 5.52. The number of fused-ring (bicyclic) bond motifs is 1. The topological polar surface area (TPSA) is 47.9 Å². The van der Waals surface area contributed by atoms with Crippen LogP contribution in [-0.2, 0) is 6.61 Å². The summed E-state index contributed by atoms with van der Waals surface area (Å²) < 4.78 is 49.5. The molecule has 7 heteroatoms. The van der Waals surface area contributed by atoms with Gasteiger partial charge in [-0.15, -0.1) is 13.2 Å². The van der Waals surface area contributed by atoms with Crippen molar-refractivity contribution in [2.45, 2.75) is 13.0 Å². The molecule has 16 heavy (non-hydrogen) atoms. The first-order valence-corrected chi connectivity index (χ1v) is 4.29. The molecular formula is C9H7F3O4. The van der Waals surface area contributed by atoms with Gasteiger partial charge in [0.15, 0.2) is 11.5 Å². The lowest BCUT2D eigenvalue weighted by Gasteiger charge is -2.11. The quantitative estimate of drug-likeness (QED) is 0.850. The van der Waals surface area contributed by atoms with Crippen LogP contribution < -0.4 is 14.2 Å². The van der Waals surface area contributed by atoms with Crippen molar-refractivity contribution in [2.24, 2.45) is 0 Å². The zero-order valence-corrected chi connectivity index (χ0v) is 7.87. The van der Waals surface area contributed by atoms with E-state index >= 15 is 0 Å². The summed E-state index contributed by atoms with van der Waals surface area (Å²) in [5.74, 6) is -0.0661. The third kappa shape index (κ3) is 2.13. The minimum Gasteiger partial charge on any atom is -0.453 e. The lowest BCUT2D eigenvalue weighted by Crippen LogP contribution is -2.17. The number of benzene rings is 1. The summed E-state index contributed by atoms with van der Waals surface area (Å²) in [5, 5.41) is 8.95. The van der Waals surface area contributed by atoms with Gasteiger partial charge >= 0.3 is 6.36 Å². The molecule has 1 N–H and O–H groups in total. The van der Waals surface area contributed by atoms with E-state index < -0.39 is 18.7 Å². The van der Waals surface area contributed by atoms with Gasteiger partial charge in [-0.25, -0.2) is 0 Å². The van der Waals surface area contributed by atoms with Crippen LogP contribution in [0, 0.1) is 0 Å². The maximum absolute atomic E-state index is 12.0. The maximum Gasteiger partial charge on any atom is 0.573 e. The zero-order valence-electron chi connectivity index (χ0n) is 7.87. The highest BCUT2D eigenvalue weighted by atomic mass is 19.4. The first-order chi connectivity index (χ1) is 7.49. The van der Waals surface area contributed by atoms with Gasteiger partial charge in [-0.05, 0) is 6.07 Å². The molecule has 0 unspecified atom stereocenters. The van der Waals surface area contributed by atoms with Gasteiger partial charge in [-0.3, -0.25) is 0 Å². The summed E-state index contributed by atoms with van der Waals surface area (Å²) in [6.45, 7) is -0.543. The fourth-order valence-corrected chi connectivity index (χ4v) is 1.36. The van der Waals surface area contributed by atoms with Gasteiger partial charge in [0.2, 0.25) is 6.79 Å². The Morgan fingerprint density at radius 3 is 2.69 bits per heavy atom.